The summed E-state index contributed by atoms with van der Waals surface area (Å²) in [5.74, 6) is -2.65. The number of halogens is 2. The third-order valence-corrected chi connectivity index (χ3v) is 7.85. The van der Waals surface area contributed by atoms with Crippen LogP contribution < -0.4 is 16.4 Å². The number of nitrogens with two attached hydrogens (primary N) is 1. The minimum absolute atomic E-state index is 0.0259. The number of carbonyl (C=O) groups excluding carboxylic acids is 3. The number of anilines is 2. The highest BCUT2D eigenvalue weighted by atomic mass is 32.1. The van der Waals surface area contributed by atoms with Crippen LogP contribution in [0.2, 0.25) is 0 Å². The van der Waals surface area contributed by atoms with Crippen molar-refractivity contribution in [2.75, 3.05) is 11.9 Å². The molecular weight excluding hydrogens is 552 g/mol. The first kappa shape index (κ1) is 30.1. The maximum Gasteiger partial charge on any atom is 0.251 e. The van der Waals surface area contributed by atoms with E-state index in [0.29, 0.717) is 17.1 Å². The number of primary amides is 1. The van der Waals surface area contributed by atoms with Crippen LogP contribution in [-0.4, -0.2) is 51.4 Å². The van der Waals surface area contributed by atoms with Gasteiger partial charge in [-0.1, -0.05) is 18.9 Å². The molecule has 1 aliphatic rings. The molecule has 4 rings (SSSR count). The van der Waals surface area contributed by atoms with Crippen LogP contribution in [0, 0.1) is 11.6 Å². The summed E-state index contributed by atoms with van der Waals surface area (Å²) in [6.45, 7) is 2.89. The number of rotatable bonds is 11. The average Bonchev–Trinajstić information content (AvgIpc) is 3.53. The molecule has 0 spiro atoms. The van der Waals surface area contributed by atoms with Crippen LogP contribution in [-0.2, 0) is 22.6 Å². The van der Waals surface area contributed by atoms with Crippen LogP contribution in [0.3, 0.4) is 0 Å². The van der Waals surface area contributed by atoms with Crippen molar-refractivity contribution in [2.24, 2.45) is 5.73 Å². The van der Waals surface area contributed by atoms with E-state index in [1.807, 2.05) is 0 Å². The van der Waals surface area contributed by atoms with Gasteiger partial charge in [-0.3, -0.25) is 14.4 Å². The number of nitrogens with zero attached hydrogens (tertiary/aromatic N) is 2. The summed E-state index contributed by atoms with van der Waals surface area (Å²) in [5, 5.41) is 15.8. The largest absolute Gasteiger partial charge is 0.393 e. The van der Waals surface area contributed by atoms with Gasteiger partial charge in [-0.15, -0.1) is 11.3 Å². The molecule has 5 N–H and O–H groups in total. The first-order valence-electron chi connectivity index (χ1n) is 13.4. The van der Waals surface area contributed by atoms with Crippen molar-refractivity contribution in [2.45, 2.75) is 64.6 Å². The van der Waals surface area contributed by atoms with E-state index in [1.165, 1.54) is 24.8 Å². The number of hydrogen-bond donors (Lipinski definition) is 4. The summed E-state index contributed by atoms with van der Waals surface area (Å²) in [6.07, 6.45) is 3.35. The maximum absolute atomic E-state index is 14.9. The third-order valence-electron chi connectivity index (χ3n) is 6.78. The number of hydrogen-bond acceptors (Lipinski definition) is 7. The van der Waals surface area contributed by atoms with Crippen molar-refractivity contribution in [1.29, 1.82) is 0 Å². The highest BCUT2D eigenvalue weighted by Gasteiger charge is 2.23. The second-order valence-electron chi connectivity index (χ2n) is 10.3. The quantitative estimate of drug-likeness (QED) is 0.265. The number of aliphatic hydroxyl groups excluding tert-OH is 1. The second-order valence-corrected chi connectivity index (χ2v) is 11.3. The molecule has 12 heteroatoms. The number of thiophene rings is 1. The summed E-state index contributed by atoms with van der Waals surface area (Å²) in [5.41, 5.74) is 6.07. The van der Waals surface area contributed by atoms with Gasteiger partial charge in [-0.2, -0.15) is 0 Å². The Kier molecular flexibility index (Phi) is 9.66. The summed E-state index contributed by atoms with van der Waals surface area (Å²) >= 11 is 0.933. The average molecular weight is 586 g/mol. The number of aliphatic hydroxyl groups is 1. The van der Waals surface area contributed by atoms with Crippen molar-refractivity contribution < 1.29 is 28.3 Å². The second kappa shape index (κ2) is 13.2. The van der Waals surface area contributed by atoms with Gasteiger partial charge in [-0.05, 0) is 62.1 Å². The Bertz CT molecular complexity index is 1420. The fourth-order valence-electron chi connectivity index (χ4n) is 4.85. The number of amides is 3. The maximum atomic E-state index is 14.9. The van der Waals surface area contributed by atoms with E-state index < -0.39 is 23.6 Å². The predicted molar refractivity (Wildman–Crippen MR) is 153 cm³/mol. The van der Waals surface area contributed by atoms with E-state index in [0.717, 1.165) is 49.2 Å². The molecule has 0 radical (unpaired) electrons. The standard InChI is InChI=1S/C29H33F2N5O4S/c1-16(37)10-18-11-22(30)27(23(31)12-18)24-13-21(28(32)40)29(41-24)35-25-9-5-8-20(33-25)14-36(17(2)38)15-26(39)34-19-6-3-4-7-19/h5,8-9,11-13,16,19,37H,3-4,6-7,10,14-15H2,1-2H3,(H2,32,40)(H,33,35)(H,34,39). The number of aromatic nitrogens is 1. The van der Waals surface area contributed by atoms with E-state index in [2.05, 4.69) is 15.6 Å². The van der Waals surface area contributed by atoms with E-state index in [-0.39, 0.29) is 58.4 Å². The molecule has 0 aliphatic heterocycles. The van der Waals surface area contributed by atoms with Gasteiger partial charge >= 0.3 is 0 Å². The van der Waals surface area contributed by atoms with Crippen LogP contribution >= 0.6 is 11.3 Å². The van der Waals surface area contributed by atoms with E-state index >= 15 is 0 Å². The SMILES string of the molecule is CC(=O)N(CC(=O)NC1CCCC1)Cc1cccc(Nc2sc(-c3c(F)cc(CC(C)O)cc3F)cc2C(N)=O)n1. The third kappa shape index (κ3) is 7.86. The highest BCUT2D eigenvalue weighted by Crippen LogP contribution is 2.39. The topological polar surface area (TPSA) is 138 Å². The monoisotopic (exact) mass is 585 g/mol. The molecule has 1 aromatic carbocycles. The molecule has 9 nitrogen and oxygen atoms in total. The summed E-state index contributed by atoms with van der Waals surface area (Å²) in [6, 6.07) is 8.79. The van der Waals surface area contributed by atoms with Gasteiger partial charge in [0.2, 0.25) is 11.8 Å². The van der Waals surface area contributed by atoms with Crippen LogP contribution in [0.15, 0.2) is 36.4 Å². The van der Waals surface area contributed by atoms with Gasteiger partial charge in [0, 0.05) is 17.8 Å². The lowest BCUT2D eigenvalue weighted by molar-refractivity contribution is -0.135. The molecule has 2 aromatic heterocycles. The Hall–Kier alpha value is -3.90. The molecule has 1 aliphatic carbocycles. The number of pyridine rings is 1. The molecule has 1 unspecified atom stereocenters. The fourth-order valence-corrected chi connectivity index (χ4v) is 5.97. The van der Waals surface area contributed by atoms with Crippen molar-refractivity contribution in [3.05, 3.63) is 64.9 Å². The Balaban J connectivity index is 1.53. The van der Waals surface area contributed by atoms with Gasteiger partial charge in [-0.25, -0.2) is 13.8 Å². The van der Waals surface area contributed by atoms with Gasteiger partial charge in [0.1, 0.15) is 22.5 Å². The molecule has 2 heterocycles. The Morgan fingerprint density at radius 3 is 2.46 bits per heavy atom. The normalized spacial score (nSPS) is 14.1. The van der Waals surface area contributed by atoms with E-state index in [9.17, 15) is 28.3 Å². The summed E-state index contributed by atoms with van der Waals surface area (Å²) in [4.78, 5) is 43.0. The number of nitrogens with one attached hydrogen (secondary N) is 2. The first-order chi connectivity index (χ1) is 19.5. The molecule has 3 aromatic rings. The lowest BCUT2D eigenvalue weighted by Crippen LogP contribution is -2.42. The van der Waals surface area contributed by atoms with Crippen LogP contribution in [0.4, 0.5) is 19.6 Å². The summed E-state index contributed by atoms with van der Waals surface area (Å²) < 4.78 is 29.9. The van der Waals surface area contributed by atoms with E-state index in [4.69, 9.17) is 5.73 Å². The minimum Gasteiger partial charge on any atom is -0.393 e. The molecule has 218 valence electrons. The number of benzene rings is 1. The van der Waals surface area contributed by atoms with Gasteiger partial charge < -0.3 is 26.4 Å². The smallest absolute Gasteiger partial charge is 0.251 e. The molecule has 0 saturated heterocycles. The molecule has 1 atom stereocenters. The highest BCUT2D eigenvalue weighted by molar-refractivity contribution is 7.20. The lowest BCUT2D eigenvalue weighted by Gasteiger charge is -2.22. The molecule has 0 bridgehead atoms. The minimum atomic E-state index is -0.828. The van der Waals surface area contributed by atoms with E-state index in [1.54, 1.807) is 18.2 Å². The molecular formula is C29H33F2N5O4S. The summed E-state index contributed by atoms with van der Waals surface area (Å²) in [7, 11) is 0. The predicted octanol–water partition coefficient (Wildman–Crippen LogP) is 4.26. The zero-order chi connectivity index (χ0) is 29.7. The van der Waals surface area contributed by atoms with Gasteiger partial charge in [0.25, 0.3) is 5.91 Å². The van der Waals surface area contributed by atoms with Crippen molar-refractivity contribution in [3.8, 4) is 10.4 Å². The zero-order valence-electron chi connectivity index (χ0n) is 22.9. The van der Waals surface area contributed by atoms with Crippen LogP contribution in [0.25, 0.3) is 10.4 Å². The Morgan fingerprint density at radius 2 is 1.85 bits per heavy atom. The lowest BCUT2D eigenvalue weighted by atomic mass is 10.0. The van der Waals surface area contributed by atoms with Gasteiger partial charge in [0.15, 0.2) is 0 Å². The Labute approximate surface area is 240 Å². The molecule has 3 amide bonds. The fraction of sp³-hybridized carbons (Fsp3) is 0.379. The number of carbonyl (C=O) groups is 3. The molecule has 41 heavy (non-hydrogen) atoms. The molecule has 1 saturated carbocycles. The van der Waals surface area contributed by atoms with Gasteiger partial charge in [0.05, 0.1) is 36.0 Å². The van der Waals surface area contributed by atoms with Crippen LogP contribution in [0.5, 0.6) is 0 Å². The van der Waals surface area contributed by atoms with Crippen molar-refractivity contribution in [1.82, 2.24) is 15.2 Å². The molecule has 1 fully saturated rings. The first-order valence-corrected chi connectivity index (χ1v) is 14.2. The van der Waals surface area contributed by atoms with Crippen molar-refractivity contribution in [3.63, 3.8) is 0 Å². The zero-order valence-corrected chi connectivity index (χ0v) is 23.7. The Morgan fingerprint density at radius 1 is 1.17 bits per heavy atom. The van der Waals surface area contributed by atoms with Crippen molar-refractivity contribution >= 4 is 39.9 Å². The van der Waals surface area contributed by atoms with Crippen LogP contribution in [0.1, 0.15) is 61.1 Å².